The average molecular weight is 261 g/mol. The second kappa shape index (κ2) is 4.47. The average Bonchev–Trinajstić information content (AvgIpc) is 2.16. The van der Waals surface area contributed by atoms with Crippen molar-refractivity contribution in [1.82, 2.24) is 4.98 Å². The molecule has 0 bridgehead atoms. The Balaban J connectivity index is 3.41. The lowest BCUT2D eigenvalue weighted by Gasteiger charge is -2.09. The van der Waals surface area contributed by atoms with Crippen molar-refractivity contribution < 1.29 is 8.78 Å². The second-order valence-corrected chi connectivity index (χ2v) is 3.26. The van der Waals surface area contributed by atoms with E-state index in [1.807, 2.05) is 6.07 Å². The van der Waals surface area contributed by atoms with Crippen molar-refractivity contribution >= 4 is 15.9 Å². The molecule has 0 spiro atoms. The molecule has 2 nitrogen and oxygen atoms in total. The van der Waals surface area contributed by atoms with Crippen molar-refractivity contribution in [3.63, 3.8) is 0 Å². The van der Waals surface area contributed by atoms with E-state index in [2.05, 4.69) is 20.9 Å². The van der Waals surface area contributed by atoms with Gasteiger partial charge in [-0.2, -0.15) is 5.26 Å². The van der Waals surface area contributed by atoms with E-state index in [9.17, 15) is 8.78 Å². The molecule has 0 radical (unpaired) electrons. The van der Waals surface area contributed by atoms with Gasteiger partial charge in [0.05, 0.1) is 11.3 Å². The van der Waals surface area contributed by atoms with E-state index in [4.69, 9.17) is 5.26 Å². The van der Waals surface area contributed by atoms with Crippen LogP contribution in [0.2, 0.25) is 0 Å². The number of hydrogen-bond acceptors (Lipinski definition) is 2. The molecule has 0 aliphatic carbocycles. The van der Waals surface area contributed by atoms with Gasteiger partial charge in [0.15, 0.2) is 0 Å². The lowest BCUT2D eigenvalue weighted by Crippen LogP contribution is -2.01. The largest absolute Gasteiger partial charge is 0.265 e. The van der Waals surface area contributed by atoms with E-state index < -0.39 is 6.43 Å². The van der Waals surface area contributed by atoms with E-state index in [-0.39, 0.29) is 22.2 Å². The Hall–Kier alpha value is -1.02. The van der Waals surface area contributed by atoms with Gasteiger partial charge in [-0.1, -0.05) is 15.9 Å². The Labute approximate surface area is 88.7 Å². The molecular formula is C9H7BrF2N2. The molecule has 0 aromatic carbocycles. The third-order valence-electron chi connectivity index (χ3n) is 1.93. The van der Waals surface area contributed by atoms with Gasteiger partial charge in [-0.15, -0.1) is 0 Å². The molecule has 1 rings (SSSR count). The molecule has 0 fully saturated rings. The van der Waals surface area contributed by atoms with Crippen molar-refractivity contribution in [2.24, 2.45) is 0 Å². The van der Waals surface area contributed by atoms with Crippen LogP contribution in [0.1, 0.15) is 28.8 Å². The fraction of sp³-hybridized carbons (Fsp3) is 0.333. The van der Waals surface area contributed by atoms with Crippen LogP contribution in [0.15, 0.2) is 6.20 Å². The number of pyridine rings is 1. The molecular weight excluding hydrogens is 254 g/mol. The number of halogens is 3. The minimum absolute atomic E-state index is 0.138. The van der Waals surface area contributed by atoms with Crippen LogP contribution in [-0.2, 0) is 5.33 Å². The van der Waals surface area contributed by atoms with Crippen LogP contribution in [0.25, 0.3) is 0 Å². The first-order chi connectivity index (χ1) is 6.61. The highest BCUT2D eigenvalue weighted by Gasteiger charge is 2.18. The molecule has 0 amide bonds. The van der Waals surface area contributed by atoms with Gasteiger partial charge in [0.1, 0.15) is 6.07 Å². The molecule has 0 unspecified atom stereocenters. The first kappa shape index (κ1) is 11.1. The van der Waals surface area contributed by atoms with Crippen LogP contribution in [-0.4, -0.2) is 4.98 Å². The topological polar surface area (TPSA) is 36.7 Å². The molecule has 0 saturated carbocycles. The zero-order chi connectivity index (χ0) is 10.7. The number of aromatic nitrogens is 1. The van der Waals surface area contributed by atoms with E-state index in [1.165, 1.54) is 13.1 Å². The van der Waals surface area contributed by atoms with Gasteiger partial charge in [0, 0.05) is 17.1 Å². The number of hydrogen-bond donors (Lipinski definition) is 0. The first-order valence-corrected chi connectivity index (χ1v) is 4.96. The van der Waals surface area contributed by atoms with Crippen LogP contribution < -0.4 is 0 Å². The number of rotatable bonds is 2. The monoisotopic (exact) mass is 260 g/mol. The summed E-state index contributed by atoms with van der Waals surface area (Å²) < 4.78 is 25.2. The summed E-state index contributed by atoms with van der Waals surface area (Å²) in [5.74, 6) is 0. The van der Waals surface area contributed by atoms with Gasteiger partial charge in [-0.05, 0) is 12.5 Å². The number of nitriles is 1. The molecule has 0 atom stereocenters. The van der Waals surface area contributed by atoms with E-state index in [1.54, 1.807) is 0 Å². The number of alkyl halides is 3. The zero-order valence-electron chi connectivity index (χ0n) is 7.39. The summed E-state index contributed by atoms with van der Waals surface area (Å²) in [5.41, 5.74) is 0.661. The molecule has 1 aromatic rings. The van der Waals surface area contributed by atoms with Gasteiger partial charge >= 0.3 is 0 Å². The molecule has 0 saturated heterocycles. The van der Waals surface area contributed by atoms with Gasteiger partial charge in [-0.3, -0.25) is 4.98 Å². The van der Waals surface area contributed by atoms with E-state index in [0.29, 0.717) is 5.56 Å². The summed E-state index contributed by atoms with van der Waals surface area (Å²) in [7, 11) is 0. The molecule has 0 aliphatic heterocycles. The van der Waals surface area contributed by atoms with Crippen LogP contribution in [0.4, 0.5) is 8.78 Å². The molecule has 1 aromatic heterocycles. The van der Waals surface area contributed by atoms with Crippen molar-refractivity contribution in [3.05, 3.63) is 28.6 Å². The normalized spacial score (nSPS) is 10.3. The third kappa shape index (κ3) is 1.90. The first-order valence-electron chi connectivity index (χ1n) is 3.84. The van der Waals surface area contributed by atoms with Crippen LogP contribution in [0.5, 0.6) is 0 Å². The summed E-state index contributed by atoms with van der Waals surface area (Å²) in [6, 6.07) is 1.83. The predicted molar refractivity (Wildman–Crippen MR) is 51.3 cm³/mol. The number of nitrogens with zero attached hydrogens (tertiary/aromatic N) is 2. The van der Waals surface area contributed by atoms with E-state index in [0.717, 1.165) is 0 Å². The molecule has 1 heterocycles. The Kier molecular flexibility index (Phi) is 3.53. The fourth-order valence-electron chi connectivity index (χ4n) is 1.18. The van der Waals surface area contributed by atoms with Crippen molar-refractivity contribution in [2.75, 3.05) is 0 Å². The molecule has 0 N–H and O–H groups in total. The maximum atomic E-state index is 12.6. The summed E-state index contributed by atoms with van der Waals surface area (Å²) >= 11 is 3.08. The molecule has 5 heteroatoms. The summed E-state index contributed by atoms with van der Waals surface area (Å²) in [6.07, 6.45) is -1.28. The highest BCUT2D eigenvalue weighted by atomic mass is 79.9. The van der Waals surface area contributed by atoms with Gasteiger partial charge in [-0.25, -0.2) is 8.78 Å². The Morgan fingerprint density at radius 1 is 1.64 bits per heavy atom. The highest BCUT2D eigenvalue weighted by molar-refractivity contribution is 9.08. The molecule has 74 valence electrons. The maximum absolute atomic E-state index is 12.6. The molecule has 14 heavy (non-hydrogen) atoms. The van der Waals surface area contributed by atoms with Gasteiger partial charge < -0.3 is 0 Å². The van der Waals surface area contributed by atoms with Crippen molar-refractivity contribution in [1.29, 1.82) is 5.26 Å². The standard InChI is InChI=1S/C9H7BrF2N2/c1-5-6(3-13)4-14-7(2-10)8(5)9(11)12/h4,9H,2H2,1H3. The minimum atomic E-state index is -2.59. The predicted octanol–water partition coefficient (Wildman–Crippen LogP) is 3.09. The van der Waals surface area contributed by atoms with Crippen molar-refractivity contribution in [2.45, 2.75) is 18.7 Å². The minimum Gasteiger partial charge on any atom is -0.259 e. The SMILES string of the molecule is Cc1c(C#N)cnc(CBr)c1C(F)F. The Bertz CT molecular complexity index is 385. The van der Waals surface area contributed by atoms with Crippen molar-refractivity contribution in [3.8, 4) is 6.07 Å². The Morgan fingerprint density at radius 3 is 2.71 bits per heavy atom. The summed E-state index contributed by atoms with van der Waals surface area (Å²) in [4.78, 5) is 3.80. The third-order valence-corrected chi connectivity index (χ3v) is 2.46. The highest BCUT2D eigenvalue weighted by Crippen LogP contribution is 2.28. The lowest BCUT2D eigenvalue weighted by atomic mass is 10.0. The molecule has 0 aliphatic rings. The van der Waals surface area contributed by atoms with Gasteiger partial charge in [0.25, 0.3) is 6.43 Å². The summed E-state index contributed by atoms with van der Waals surface area (Å²) in [6.45, 7) is 1.51. The fourth-order valence-corrected chi connectivity index (χ4v) is 1.63. The smallest absolute Gasteiger partial charge is 0.259 e. The lowest BCUT2D eigenvalue weighted by molar-refractivity contribution is 0.149. The van der Waals surface area contributed by atoms with Crippen LogP contribution >= 0.6 is 15.9 Å². The van der Waals surface area contributed by atoms with Crippen LogP contribution in [0, 0.1) is 18.3 Å². The van der Waals surface area contributed by atoms with Crippen LogP contribution in [0.3, 0.4) is 0 Å². The second-order valence-electron chi connectivity index (χ2n) is 2.70. The Morgan fingerprint density at radius 2 is 2.29 bits per heavy atom. The quantitative estimate of drug-likeness (QED) is 0.767. The van der Waals surface area contributed by atoms with E-state index >= 15 is 0 Å². The zero-order valence-corrected chi connectivity index (χ0v) is 8.98. The summed E-state index contributed by atoms with van der Waals surface area (Å²) in [5, 5.41) is 8.90. The van der Waals surface area contributed by atoms with Gasteiger partial charge in [0.2, 0.25) is 0 Å². The maximum Gasteiger partial charge on any atom is 0.265 e.